The summed E-state index contributed by atoms with van der Waals surface area (Å²) in [6, 6.07) is 10.9. The number of nitrogens with one attached hydrogen (secondary N) is 1. The summed E-state index contributed by atoms with van der Waals surface area (Å²) in [5, 5.41) is 4.56. The molecule has 1 atom stereocenters. The molecule has 6 nitrogen and oxygen atoms in total. The molecule has 3 rings (SSSR count). The Bertz CT molecular complexity index is 1140. The maximum Gasteiger partial charge on any atom is 0.259 e. The third kappa shape index (κ3) is 4.03. The van der Waals surface area contributed by atoms with Crippen molar-refractivity contribution in [2.24, 2.45) is 5.73 Å². The van der Waals surface area contributed by atoms with E-state index in [1.54, 1.807) is 49.4 Å². The summed E-state index contributed by atoms with van der Waals surface area (Å²) >= 11 is 11.9. The number of nitrogens with zero attached hydrogens (tertiary/aromatic N) is 1. The van der Waals surface area contributed by atoms with Crippen molar-refractivity contribution >= 4 is 51.5 Å². The summed E-state index contributed by atoms with van der Waals surface area (Å²) in [6.45, 7) is 1.55. The molecule has 1 aromatic heterocycles. The highest BCUT2D eigenvalue weighted by Crippen LogP contribution is 2.24. The lowest BCUT2D eigenvalue weighted by atomic mass is 10.1. The Morgan fingerprint density at radius 1 is 1.11 bits per heavy atom. The van der Waals surface area contributed by atoms with Crippen molar-refractivity contribution in [1.29, 1.82) is 0 Å². The molecule has 0 unspecified atom stereocenters. The molecule has 0 aliphatic carbocycles. The molecule has 2 amide bonds. The minimum absolute atomic E-state index is 0.100. The zero-order valence-electron chi connectivity index (χ0n) is 14.9. The molecule has 0 fully saturated rings. The summed E-state index contributed by atoms with van der Waals surface area (Å²) in [4.78, 5) is 36.5. The predicted molar refractivity (Wildman–Crippen MR) is 111 cm³/mol. The van der Waals surface area contributed by atoms with E-state index < -0.39 is 11.9 Å². The molecule has 0 bridgehead atoms. The number of pyridine rings is 1. The van der Waals surface area contributed by atoms with Crippen LogP contribution in [-0.4, -0.2) is 16.4 Å². The van der Waals surface area contributed by atoms with Gasteiger partial charge in [-0.2, -0.15) is 0 Å². The number of halogens is 2. The summed E-state index contributed by atoms with van der Waals surface area (Å²) < 4.78 is 1.27. The average molecular weight is 418 g/mol. The van der Waals surface area contributed by atoms with E-state index in [1.165, 1.54) is 10.8 Å². The predicted octanol–water partition coefficient (Wildman–Crippen LogP) is 3.54. The van der Waals surface area contributed by atoms with Crippen molar-refractivity contribution in [1.82, 2.24) is 4.57 Å². The van der Waals surface area contributed by atoms with Gasteiger partial charge in [-0.05, 0) is 42.8 Å². The Kier molecular flexibility index (Phi) is 5.72. The first kappa shape index (κ1) is 19.9. The number of primary amides is 1. The van der Waals surface area contributed by atoms with Gasteiger partial charge in [0.1, 0.15) is 6.04 Å². The highest BCUT2D eigenvalue weighted by molar-refractivity contribution is 6.42. The molecule has 0 radical (unpaired) electrons. The number of hydrogen-bond donors (Lipinski definition) is 2. The van der Waals surface area contributed by atoms with Crippen LogP contribution in [0.1, 0.15) is 18.5 Å². The lowest BCUT2D eigenvalue weighted by Gasteiger charge is -2.14. The smallest absolute Gasteiger partial charge is 0.259 e. The largest absolute Gasteiger partial charge is 0.368 e. The van der Waals surface area contributed by atoms with Crippen LogP contribution in [0.3, 0.4) is 0 Å². The van der Waals surface area contributed by atoms with Gasteiger partial charge < -0.3 is 15.6 Å². The van der Waals surface area contributed by atoms with Gasteiger partial charge in [0.15, 0.2) is 0 Å². The number of aromatic nitrogens is 1. The van der Waals surface area contributed by atoms with Gasteiger partial charge in [0.05, 0.1) is 16.5 Å². The molecule has 1 heterocycles. The van der Waals surface area contributed by atoms with Crippen LogP contribution in [-0.2, 0) is 16.0 Å². The number of benzene rings is 2. The molecule has 0 saturated heterocycles. The zero-order chi connectivity index (χ0) is 20.4. The second kappa shape index (κ2) is 8.04. The number of amides is 2. The fraction of sp³-hybridized carbons (Fsp3) is 0.150. The molecule has 3 aromatic rings. The van der Waals surface area contributed by atoms with Gasteiger partial charge in [-0.15, -0.1) is 0 Å². The molecule has 0 aliphatic rings. The molecule has 0 saturated carbocycles. The number of carbonyl (C=O) groups is 2. The molecule has 28 heavy (non-hydrogen) atoms. The molecular formula is C20H17Cl2N3O3. The highest BCUT2D eigenvalue weighted by atomic mass is 35.5. The summed E-state index contributed by atoms with van der Waals surface area (Å²) in [5.41, 5.74) is 6.15. The molecular weight excluding hydrogens is 401 g/mol. The standard InChI is InChI=1S/C20H17Cl2N3O3/c1-11(19(23)27)25-8-7-13-14(20(25)28)3-2-4-17(13)24-18(26)10-12-5-6-15(21)16(22)9-12/h2-9,11H,10H2,1H3,(H2,23,27)(H,24,26)/t11-/m0/s1. The van der Waals surface area contributed by atoms with Gasteiger partial charge in [-0.1, -0.05) is 35.3 Å². The van der Waals surface area contributed by atoms with E-state index in [-0.39, 0.29) is 17.9 Å². The van der Waals surface area contributed by atoms with Crippen LogP contribution in [0.2, 0.25) is 10.0 Å². The summed E-state index contributed by atoms with van der Waals surface area (Å²) in [7, 11) is 0. The maximum absolute atomic E-state index is 12.7. The third-order valence-electron chi connectivity index (χ3n) is 4.42. The van der Waals surface area contributed by atoms with Crippen LogP contribution in [0.4, 0.5) is 5.69 Å². The Balaban J connectivity index is 1.90. The number of fused-ring (bicyclic) bond motifs is 1. The SMILES string of the molecule is C[C@@H](C(N)=O)n1ccc2c(NC(=O)Cc3ccc(Cl)c(Cl)c3)cccc2c1=O. The van der Waals surface area contributed by atoms with Crippen LogP contribution in [0, 0.1) is 0 Å². The second-order valence-electron chi connectivity index (χ2n) is 6.35. The van der Waals surface area contributed by atoms with Crippen molar-refractivity contribution in [3.63, 3.8) is 0 Å². The lowest BCUT2D eigenvalue weighted by Crippen LogP contribution is -2.31. The van der Waals surface area contributed by atoms with E-state index in [1.807, 2.05) is 0 Å². The highest BCUT2D eigenvalue weighted by Gasteiger charge is 2.15. The quantitative estimate of drug-likeness (QED) is 0.664. The fourth-order valence-corrected chi connectivity index (χ4v) is 3.19. The number of hydrogen-bond acceptors (Lipinski definition) is 3. The van der Waals surface area contributed by atoms with Crippen molar-refractivity contribution < 1.29 is 9.59 Å². The topological polar surface area (TPSA) is 94.2 Å². The molecule has 8 heteroatoms. The number of carbonyl (C=O) groups excluding carboxylic acids is 2. The zero-order valence-corrected chi connectivity index (χ0v) is 16.4. The van der Waals surface area contributed by atoms with E-state index in [2.05, 4.69) is 5.32 Å². The molecule has 0 spiro atoms. The minimum Gasteiger partial charge on any atom is -0.368 e. The van der Waals surface area contributed by atoms with E-state index in [9.17, 15) is 14.4 Å². The van der Waals surface area contributed by atoms with Gasteiger partial charge >= 0.3 is 0 Å². The van der Waals surface area contributed by atoms with Crippen LogP contribution in [0.25, 0.3) is 10.8 Å². The van der Waals surface area contributed by atoms with Crippen LogP contribution in [0.15, 0.2) is 53.5 Å². The fourth-order valence-electron chi connectivity index (χ4n) is 2.87. The van der Waals surface area contributed by atoms with E-state index in [0.717, 1.165) is 0 Å². The van der Waals surface area contributed by atoms with Crippen LogP contribution < -0.4 is 16.6 Å². The number of nitrogens with two attached hydrogens (primary N) is 1. The molecule has 0 aliphatic heterocycles. The van der Waals surface area contributed by atoms with Gasteiger partial charge in [0.25, 0.3) is 5.56 Å². The average Bonchev–Trinajstić information content (AvgIpc) is 2.65. The number of rotatable bonds is 5. The van der Waals surface area contributed by atoms with E-state index >= 15 is 0 Å². The third-order valence-corrected chi connectivity index (χ3v) is 5.16. The summed E-state index contributed by atoms with van der Waals surface area (Å²) in [6.07, 6.45) is 1.60. The first-order valence-corrected chi connectivity index (χ1v) is 9.20. The van der Waals surface area contributed by atoms with Crippen molar-refractivity contribution in [2.75, 3.05) is 5.32 Å². The molecule has 2 aromatic carbocycles. The number of anilines is 1. The Labute approximate surface area is 170 Å². The normalized spacial score (nSPS) is 12.0. The van der Waals surface area contributed by atoms with Gasteiger partial charge in [-0.3, -0.25) is 14.4 Å². The van der Waals surface area contributed by atoms with E-state index in [0.29, 0.717) is 32.1 Å². The first-order valence-electron chi connectivity index (χ1n) is 8.45. The maximum atomic E-state index is 12.7. The monoisotopic (exact) mass is 417 g/mol. The van der Waals surface area contributed by atoms with Gasteiger partial charge in [-0.25, -0.2) is 0 Å². The van der Waals surface area contributed by atoms with Crippen molar-refractivity contribution in [3.8, 4) is 0 Å². The Hall–Kier alpha value is -2.83. The van der Waals surface area contributed by atoms with Crippen molar-refractivity contribution in [2.45, 2.75) is 19.4 Å². The Morgan fingerprint density at radius 3 is 2.54 bits per heavy atom. The lowest BCUT2D eigenvalue weighted by molar-refractivity contribution is -0.120. The Morgan fingerprint density at radius 2 is 1.86 bits per heavy atom. The van der Waals surface area contributed by atoms with Crippen molar-refractivity contribution in [3.05, 3.63) is 74.6 Å². The van der Waals surface area contributed by atoms with Crippen LogP contribution >= 0.6 is 23.2 Å². The van der Waals surface area contributed by atoms with Crippen LogP contribution in [0.5, 0.6) is 0 Å². The van der Waals surface area contributed by atoms with Gasteiger partial charge in [0.2, 0.25) is 11.8 Å². The van der Waals surface area contributed by atoms with E-state index in [4.69, 9.17) is 28.9 Å². The van der Waals surface area contributed by atoms with Gasteiger partial charge in [0, 0.05) is 22.7 Å². The first-order chi connectivity index (χ1) is 13.3. The molecule has 3 N–H and O–H groups in total. The molecule has 144 valence electrons. The summed E-state index contributed by atoms with van der Waals surface area (Å²) in [5.74, 6) is -0.867. The minimum atomic E-state index is -0.773. The second-order valence-corrected chi connectivity index (χ2v) is 7.16.